The van der Waals surface area contributed by atoms with Gasteiger partial charge in [0, 0.05) is 0 Å². The summed E-state index contributed by atoms with van der Waals surface area (Å²) in [4.78, 5) is 8.30. The minimum atomic E-state index is -4.55. The fourth-order valence-electron chi connectivity index (χ4n) is 2.88. The van der Waals surface area contributed by atoms with Gasteiger partial charge < -0.3 is 14.8 Å². The largest absolute Gasteiger partial charge is 0.442 e. The van der Waals surface area contributed by atoms with Crippen LogP contribution in [-0.4, -0.2) is 15.1 Å². The number of oxazole rings is 1. The fraction of sp³-hybridized carbons (Fsp3) is 0.100. The molecule has 0 spiro atoms. The van der Waals surface area contributed by atoms with Crippen molar-refractivity contribution in [2.24, 2.45) is 0 Å². The molecule has 31 heavy (non-hydrogen) atoms. The van der Waals surface area contributed by atoms with Crippen LogP contribution in [0.4, 0.5) is 27.1 Å². The summed E-state index contributed by atoms with van der Waals surface area (Å²) in [6, 6.07) is 7.71. The second-order valence-corrected chi connectivity index (χ2v) is 7.32. The van der Waals surface area contributed by atoms with Gasteiger partial charge in [0.15, 0.2) is 23.5 Å². The van der Waals surface area contributed by atoms with Crippen LogP contribution in [0.15, 0.2) is 59.5 Å². The van der Waals surface area contributed by atoms with E-state index in [9.17, 15) is 27.1 Å². The molecule has 0 aliphatic carbocycles. The number of benzene rings is 2. The van der Waals surface area contributed by atoms with E-state index in [0.717, 1.165) is 48.1 Å². The van der Waals surface area contributed by atoms with Crippen LogP contribution in [-0.2, 0) is 6.18 Å². The molecule has 5 nitrogen and oxygen atoms in total. The van der Waals surface area contributed by atoms with Crippen molar-refractivity contribution in [3.05, 3.63) is 77.8 Å². The highest BCUT2D eigenvalue weighted by Crippen LogP contribution is 2.41. The van der Waals surface area contributed by atoms with Gasteiger partial charge in [-0.15, -0.1) is 0 Å². The van der Waals surface area contributed by atoms with Gasteiger partial charge in [-0.3, -0.25) is 0 Å². The third kappa shape index (κ3) is 4.28. The molecule has 2 aromatic carbocycles. The van der Waals surface area contributed by atoms with Gasteiger partial charge in [0.05, 0.1) is 22.2 Å². The maximum Gasteiger partial charge on any atom is 0.416 e. The minimum absolute atomic E-state index is 0.00830. The number of alkyl halides is 3. The first-order valence-corrected chi connectivity index (χ1v) is 9.51. The predicted octanol–water partition coefficient (Wildman–Crippen LogP) is 5.87. The quantitative estimate of drug-likeness (QED) is 0.292. The SMILES string of the molecule is OC(Nc1nc(-c2cnco2)c(-c2cccc(C(F)(F)F)c2)s1)c1c(F)cccc1F. The molecule has 0 amide bonds. The van der Waals surface area contributed by atoms with E-state index in [1.54, 1.807) is 0 Å². The summed E-state index contributed by atoms with van der Waals surface area (Å²) in [5.41, 5.74) is -1.12. The third-order valence-electron chi connectivity index (χ3n) is 4.28. The van der Waals surface area contributed by atoms with Crippen molar-refractivity contribution < 1.29 is 31.5 Å². The van der Waals surface area contributed by atoms with Crippen molar-refractivity contribution in [3.8, 4) is 21.9 Å². The molecule has 0 bridgehead atoms. The van der Waals surface area contributed by atoms with Gasteiger partial charge >= 0.3 is 6.18 Å². The van der Waals surface area contributed by atoms with Crippen LogP contribution < -0.4 is 5.32 Å². The van der Waals surface area contributed by atoms with Crippen molar-refractivity contribution in [1.82, 2.24) is 9.97 Å². The summed E-state index contributed by atoms with van der Waals surface area (Å²) >= 11 is 0.883. The van der Waals surface area contributed by atoms with E-state index in [2.05, 4.69) is 15.3 Å². The number of aliphatic hydroxyl groups is 1. The summed E-state index contributed by atoms with van der Waals surface area (Å²) in [7, 11) is 0. The van der Waals surface area contributed by atoms with Gasteiger partial charge in [0.25, 0.3) is 0 Å². The lowest BCUT2D eigenvalue weighted by atomic mass is 10.1. The average Bonchev–Trinajstić information content (AvgIpc) is 3.37. The molecule has 2 heterocycles. The molecule has 4 rings (SSSR count). The smallest absolute Gasteiger partial charge is 0.416 e. The number of aromatic nitrogens is 2. The zero-order valence-electron chi connectivity index (χ0n) is 15.3. The minimum Gasteiger partial charge on any atom is -0.442 e. The van der Waals surface area contributed by atoms with E-state index >= 15 is 0 Å². The zero-order valence-corrected chi connectivity index (χ0v) is 16.1. The average molecular weight is 453 g/mol. The van der Waals surface area contributed by atoms with Crippen molar-refractivity contribution in [2.75, 3.05) is 5.32 Å². The lowest BCUT2D eigenvalue weighted by molar-refractivity contribution is -0.137. The standard InChI is InChI=1S/C20H12F5N3O2S/c21-12-5-2-6-13(22)15(12)18(29)28-19-27-16(14-8-26-9-30-14)17(31-19)10-3-1-4-11(7-10)20(23,24)25/h1-9,18,29H,(H,27,28). The number of rotatable bonds is 5. The molecule has 0 radical (unpaired) electrons. The Balaban J connectivity index is 1.75. The summed E-state index contributed by atoms with van der Waals surface area (Å²) in [5.74, 6) is -1.77. The van der Waals surface area contributed by atoms with Crippen LogP contribution >= 0.6 is 11.3 Å². The number of halogens is 5. The van der Waals surface area contributed by atoms with Gasteiger partial charge in [-0.1, -0.05) is 29.5 Å². The number of hydrogen-bond donors (Lipinski definition) is 2. The first-order chi connectivity index (χ1) is 14.7. The van der Waals surface area contributed by atoms with Crippen molar-refractivity contribution in [2.45, 2.75) is 12.4 Å². The van der Waals surface area contributed by atoms with Crippen LogP contribution in [0.3, 0.4) is 0 Å². The van der Waals surface area contributed by atoms with Crippen LogP contribution in [0.2, 0.25) is 0 Å². The van der Waals surface area contributed by atoms with Gasteiger partial charge in [-0.05, 0) is 29.8 Å². The highest BCUT2D eigenvalue weighted by atomic mass is 32.1. The van der Waals surface area contributed by atoms with Crippen LogP contribution in [0.25, 0.3) is 21.9 Å². The molecule has 0 saturated carbocycles. The summed E-state index contributed by atoms with van der Waals surface area (Å²) in [6.07, 6.45) is -3.89. The lowest BCUT2D eigenvalue weighted by Gasteiger charge is -2.13. The molecule has 0 saturated heterocycles. The van der Waals surface area contributed by atoms with E-state index in [1.807, 2.05) is 0 Å². The number of thiazole rings is 1. The molecule has 160 valence electrons. The predicted molar refractivity (Wildman–Crippen MR) is 103 cm³/mol. The Bertz CT molecular complexity index is 1190. The summed E-state index contributed by atoms with van der Waals surface area (Å²) in [6.45, 7) is 0. The Morgan fingerprint density at radius 2 is 1.77 bits per heavy atom. The molecule has 1 atom stereocenters. The molecular formula is C20H12F5N3O2S. The monoisotopic (exact) mass is 453 g/mol. The first-order valence-electron chi connectivity index (χ1n) is 8.70. The third-order valence-corrected chi connectivity index (χ3v) is 5.31. The maximum absolute atomic E-state index is 13.9. The van der Waals surface area contributed by atoms with Crippen molar-refractivity contribution in [3.63, 3.8) is 0 Å². The summed E-state index contributed by atoms with van der Waals surface area (Å²) in [5, 5.41) is 12.8. The normalized spacial score (nSPS) is 12.7. The zero-order chi connectivity index (χ0) is 22.2. The molecular weight excluding hydrogens is 441 g/mol. The number of nitrogens with one attached hydrogen (secondary N) is 1. The Labute approximate surface area is 175 Å². The number of anilines is 1. The van der Waals surface area contributed by atoms with E-state index in [-0.39, 0.29) is 27.0 Å². The van der Waals surface area contributed by atoms with Gasteiger partial charge in [-0.2, -0.15) is 13.2 Å². The molecule has 4 aromatic rings. The molecule has 0 fully saturated rings. The Morgan fingerprint density at radius 1 is 1.06 bits per heavy atom. The second kappa shape index (κ2) is 8.08. The highest BCUT2D eigenvalue weighted by Gasteiger charge is 2.31. The number of aliphatic hydroxyl groups excluding tert-OH is 1. The van der Waals surface area contributed by atoms with Crippen molar-refractivity contribution in [1.29, 1.82) is 0 Å². The van der Waals surface area contributed by atoms with Crippen LogP contribution in [0, 0.1) is 11.6 Å². The molecule has 2 N–H and O–H groups in total. The Morgan fingerprint density at radius 3 is 2.42 bits per heavy atom. The number of nitrogens with zero attached hydrogens (tertiary/aromatic N) is 2. The summed E-state index contributed by atoms with van der Waals surface area (Å²) < 4.78 is 72.5. The molecule has 0 aliphatic heterocycles. The fourth-order valence-corrected chi connectivity index (χ4v) is 3.86. The first kappa shape index (κ1) is 20.9. The van der Waals surface area contributed by atoms with E-state index < -0.39 is 35.2 Å². The molecule has 2 aromatic heterocycles. The highest BCUT2D eigenvalue weighted by molar-refractivity contribution is 7.19. The molecule has 0 aliphatic rings. The van der Waals surface area contributed by atoms with Crippen molar-refractivity contribution >= 4 is 16.5 Å². The van der Waals surface area contributed by atoms with Crippen LogP contribution in [0.1, 0.15) is 17.4 Å². The van der Waals surface area contributed by atoms with Gasteiger partial charge in [0.2, 0.25) is 0 Å². The molecule has 1 unspecified atom stereocenters. The molecule has 11 heteroatoms. The lowest BCUT2D eigenvalue weighted by Crippen LogP contribution is -2.13. The Hall–Kier alpha value is -3.31. The Kier molecular flexibility index (Phi) is 5.46. The van der Waals surface area contributed by atoms with E-state index in [1.165, 1.54) is 18.3 Å². The van der Waals surface area contributed by atoms with Gasteiger partial charge in [0.1, 0.15) is 17.3 Å². The van der Waals surface area contributed by atoms with Crippen LogP contribution in [0.5, 0.6) is 0 Å². The second-order valence-electron chi connectivity index (χ2n) is 6.32. The van der Waals surface area contributed by atoms with E-state index in [4.69, 9.17) is 4.42 Å². The number of hydrogen-bond acceptors (Lipinski definition) is 6. The topological polar surface area (TPSA) is 71.2 Å². The maximum atomic E-state index is 13.9. The van der Waals surface area contributed by atoms with Gasteiger partial charge in [-0.25, -0.2) is 18.7 Å². The van der Waals surface area contributed by atoms with E-state index in [0.29, 0.717) is 0 Å².